The van der Waals surface area contributed by atoms with Crippen LogP contribution in [0.25, 0.3) is 38.6 Å². The van der Waals surface area contributed by atoms with Crippen molar-refractivity contribution in [2.45, 2.75) is 13.8 Å². The first-order chi connectivity index (χ1) is 17.2. The second-order valence-corrected chi connectivity index (χ2v) is 9.10. The Kier molecular flexibility index (Phi) is 5.21. The molecule has 0 spiro atoms. The van der Waals surface area contributed by atoms with E-state index in [0.717, 1.165) is 11.1 Å². The van der Waals surface area contributed by atoms with Gasteiger partial charge >= 0.3 is 0 Å². The number of hydrogen-bond donors (Lipinski definition) is 0. The molecule has 6 aromatic rings. The van der Waals surface area contributed by atoms with Crippen molar-refractivity contribution >= 4 is 21.7 Å². The first-order valence-electron chi connectivity index (χ1n) is 12.0. The van der Waals surface area contributed by atoms with E-state index >= 15 is 0 Å². The first kappa shape index (κ1) is 21.0. The molecule has 0 aliphatic rings. The van der Waals surface area contributed by atoms with E-state index in [1.54, 1.807) is 0 Å². The zero-order valence-electron chi connectivity index (χ0n) is 19.9. The van der Waals surface area contributed by atoms with Gasteiger partial charge in [-0.3, -0.25) is 0 Å². The lowest BCUT2D eigenvalue weighted by molar-refractivity contribution is 1.12. The van der Waals surface area contributed by atoms with Crippen molar-refractivity contribution in [2.75, 3.05) is 0 Å². The van der Waals surface area contributed by atoms with Crippen LogP contribution < -0.4 is 0 Å². The molecule has 0 unspecified atom stereocenters. The fourth-order valence-electron chi connectivity index (χ4n) is 4.99. The first-order valence-corrected chi connectivity index (χ1v) is 12.0. The number of nitrogens with zero attached hydrogens (tertiary/aromatic N) is 1. The Morgan fingerprint density at radius 3 is 1.89 bits per heavy atom. The number of hydrogen-bond acceptors (Lipinski definition) is 0. The molecule has 0 saturated carbocycles. The zero-order valence-corrected chi connectivity index (χ0v) is 19.9. The lowest BCUT2D eigenvalue weighted by Gasteiger charge is -2.14. The van der Waals surface area contributed by atoms with Gasteiger partial charge in [0.1, 0.15) is 0 Å². The standard InChI is InChI=1S/C34H25N/c1-24-19-25(2)21-29(20-24)35-33(27-13-7-4-8-14-27)23-32-31-16-10-9-15-30(31)28(22-34(32)35)18-17-26-11-5-3-6-12-26/h3-16,19-23H,1-2H3. The molecule has 166 valence electrons. The van der Waals surface area contributed by atoms with E-state index in [1.165, 1.54) is 49.7 Å². The lowest BCUT2D eigenvalue weighted by Crippen LogP contribution is -1.98. The van der Waals surface area contributed by atoms with Crippen LogP contribution in [-0.4, -0.2) is 4.57 Å². The van der Waals surface area contributed by atoms with E-state index in [-0.39, 0.29) is 0 Å². The molecule has 1 nitrogen and oxygen atoms in total. The summed E-state index contributed by atoms with van der Waals surface area (Å²) in [6.45, 7) is 4.33. The van der Waals surface area contributed by atoms with Crippen LogP contribution in [0.2, 0.25) is 0 Å². The van der Waals surface area contributed by atoms with Gasteiger partial charge in [0.25, 0.3) is 0 Å². The molecule has 0 atom stereocenters. The Morgan fingerprint density at radius 1 is 0.543 bits per heavy atom. The molecule has 1 heteroatoms. The molecule has 0 aliphatic carbocycles. The van der Waals surface area contributed by atoms with Crippen LogP contribution in [0, 0.1) is 25.7 Å². The summed E-state index contributed by atoms with van der Waals surface area (Å²) in [5.74, 6) is 6.86. The van der Waals surface area contributed by atoms with Gasteiger partial charge in [-0.2, -0.15) is 0 Å². The highest BCUT2D eigenvalue weighted by Crippen LogP contribution is 2.37. The smallest absolute Gasteiger partial charge is 0.0553 e. The number of benzene rings is 5. The Hall–Kier alpha value is -4.54. The van der Waals surface area contributed by atoms with Gasteiger partial charge in [0, 0.05) is 22.2 Å². The van der Waals surface area contributed by atoms with Crippen molar-refractivity contribution < 1.29 is 0 Å². The second-order valence-electron chi connectivity index (χ2n) is 9.10. The summed E-state index contributed by atoms with van der Waals surface area (Å²) in [4.78, 5) is 0. The Bertz CT molecular complexity index is 1720. The number of rotatable bonds is 2. The molecule has 0 saturated heterocycles. The van der Waals surface area contributed by atoms with Gasteiger partial charge < -0.3 is 4.57 Å². The zero-order chi connectivity index (χ0) is 23.8. The number of fused-ring (bicyclic) bond motifs is 3. The Morgan fingerprint density at radius 2 is 1.17 bits per heavy atom. The highest BCUT2D eigenvalue weighted by atomic mass is 15.0. The highest BCUT2D eigenvalue weighted by molar-refractivity contribution is 6.11. The second kappa shape index (κ2) is 8.67. The monoisotopic (exact) mass is 447 g/mol. The Balaban J connectivity index is 1.71. The minimum absolute atomic E-state index is 1.02. The van der Waals surface area contributed by atoms with Gasteiger partial charge in [-0.25, -0.2) is 0 Å². The number of aromatic nitrogens is 1. The van der Waals surface area contributed by atoms with Crippen molar-refractivity contribution in [3.63, 3.8) is 0 Å². The molecule has 5 aromatic carbocycles. The van der Waals surface area contributed by atoms with E-state index in [2.05, 4.69) is 127 Å². The highest BCUT2D eigenvalue weighted by Gasteiger charge is 2.16. The summed E-state index contributed by atoms with van der Waals surface area (Å²) in [5, 5.41) is 3.65. The van der Waals surface area contributed by atoms with Crippen molar-refractivity contribution in [1.82, 2.24) is 4.57 Å². The summed E-state index contributed by atoms with van der Waals surface area (Å²) in [6.07, 6.45) is 0. The SMILES string of the molecule is Cc1cc(C)cc(-n2c(-c3ccccc3)cc3c4ccccc4c(C#Cc4ccccc4)cc32)c1. The van der Waals surface area contributed by atoms with Gasteiger partial charge in [0.15, 0.2) is 0 Å². The summed E-state index contributed by atoms with van der Waals surface area (Å²) in [7, 11) is 0. The molecule has 0 aliphatic heterocycles. The molecule has 1 heterocycles. The average molecular weight is 448 g/mol. The van der Waals surface area contributed by atoms with Crippen LogP contribution >= 0.6 is 0 Å². The topological polar surface area (TPSA) is 4.93 Å². The minimum atomic E-state index is 1.02. The van der Waals surface area contributed by atoms with Crippen LogP contribution in [0.15, 0.2) is 115 Å². The van der Waals surface area contributed by atoms with Gasteiger partial charge in [-0.05, 0) is 77.7 Å². The summed E-state index contributed by atoms with van der Waals surface area (Å²) in [5.41, 5.74) is 9.30. The quantitative estimate of drug-likeness (QED) is 0.235. The predicted octanol–water partition coefficient (Wildman–Crippen LogP) is 8.47. The summed E-state index contributed by atoms with van der Waals surface area (Å²) < 4.78 is 2.39. The normalized spacial score (nSPS) is 10.9. The van der Waals surface area contributed by atoms with E-state index in [1.807, 2.05) is 18.2 Å². The van der Waals surface area contributed by atoms with Gasteiger partial charge in [0.2, 0.25) is 0 Å². The lowest BCUT2D eigenvalue weighted by atomic mass is 10.0. The van der Waals surface area contributed by atoms with E-state index in [9.17, 15) is 0 Å². The van der Waals surface area contributed by atoms with Gasteiger partial charge in [-0.1, -0.05) is 90.7 Å². The molecular weight excluding hydrogens is 422 g/mol. The van der Waals surface area contributed by atoms with Crippen LogP contribution in [0.4, 0.5) is 0 Å². The molecular formula is C34H25N. The summed E-state index contributed by atoms with van der Waals surface area (Å²) >= 11 is 0. The van der Waals surface area contributed by atoms with E-state index < -0.39 is 0 Å². The molecule has 35 heavy (non-hydrogen) atoms. The molecule has 0 radical (unpaired) electrons. The Labute approximate surface area is 206 Å². The molecule has 0 N–H and O–H groups in total. The van der Waals surface area contributed by atoms with Crippen molar-refractivity contribution in [3.8, 4) is 28.8 Å². The van der Waals surface area contributed by atoms with Crippen molar-refractivity contribution in [1.29, 1.82) is 0 Å². The fraction of sp³-hybridized carbons (Fsp3) is 0.0588. The fourth-order valence-corrected chi connectivity index (χ4v) is 4.99. The average Bonchev–Trinajstić information content (AvgIpc) is 3.28. The maximum Gasteiger partial charge on any atom is 0.0553 e. The van der Waals surface area contributed by atoms with E-state index in [0.29, 0.717) is 0 Å². The largest absolute Gasteiger partial charge is 0.309 e. The molecule has 6 rings (SSSR count). The minimum Gasteiger partial charge on any atom is -0.309 e. The summed E-state index contributed by atoms with van der Waals surface area (Å²) in [6, 6.07) is 40.8. The van der Waals surface area contributed by atoms with E-state index in [4.69, 9.17) is 0 Å². The van der Waals surface area contributed by atoms with Crippen LogP contribution in [0.3, 0.4) is 0 Å². The molecule has 0 amide bonds. The van der Waals surface area contributed by atoms with Crippen LogP contribution in [0.1, 0.15) is 22.3 Å². The third-order valence-electron chi connectivity index (χ3n) is 6.48. The maximum absolute atomic E-state index is 3.48. The molecule has 0 bridgehead atoms. The molecule has 0 fully saturated rings. The van der Waals surface area contributed by atoms with Crippen LogP contribution in [0.5, 0.6) is 0 Å². The molecule has 1 aromatic heterocycles. The van der Waals surface area contributed by atoms with Gasteiger partial charge in [0.05, 0.1) is 11.2 Å². The van der Waals surface area contributed by atoms with Crippen LogP contribution in [-0.2, 0) is 0 Å². The predicted molar refractivity (Wildman–Crippen MR) is 148 cm³/mol. The third kappa shape index (κ3) is 3.90. The van der Waals surface area contributed by atoms with Crippen molar-refractivity contribution in [2.24, 2.45) is 0 Å². The van der Waals surface area contributed by atoms with Crippen molar-refractivity contribution in [3.05, 3.63) is 138 Å². The third-order valence-corrected chi connectivity index (χ3v) is 6.48. The van der Waals surface area contributed by atoms with Gasteiger partial charge in [-0.15, -0.1) is 0 Å². The number of aryl methyl sites for hydroxylation is 2. The maximum atomic E-state index is 3.48.